The minimum atomic E-state index is -0.613. The molecule has 1 aromatic carbocycles. The molecule has 0 radical (unpaired) electrons. The summed E-state index contributed by atoms with van der Waals surface area (Å²) in [5.41, 5.74) is 7.66. The molecule has 6 heteroatoms. The van der Waals surface area contributed by atoms with Gasteiger partial charge in [-0.2, -0.15) is 5.26 Å². The van der Waals surface area contributed by atoms with Crippen LogP contribution in [0.2, 0.25) is 0 Å². The second kappa shape index (κ2) is 5.28. The van der Waals surface area contributed by atoms with Crippen molar-refractivity contribution in [1.82, 2.24) is 4.98 Å². The molecule has 0 bridgehead atoms. The van der Waals surface area contributed by atoms with Crippen LogP contribution in [0.3, 0.4) is 0 Å². The van der Waals surface area contributed by atoms with Crippen molar-refractivity contribution < 1.29 is 9.18 Å². The van der Waals surface area contributed by atoms with Gasteiger partial charge in [0, 0.05) is 46.5 Å². The largest absolute Gasteiger partial charge is 0.398 e. The van der Waals surface area contributed by atoms with Crippen molar-refractivity contribution in [3.8, 4) is 17.2 Å². The molecule has 1 spiro atoms. The number of aromatic nitrogens is 1. The molecule has 1 aromatic heterocycles. The molecule has 1 aliphatic carbocycles. The Morgan fingerprint density at radius 2 is 2.24 bits per heavy atom. The van der Waals surface area contributed by atoms with E-state index in [-0.39, 0.29) is 22.6 Å². The molecule has 2 aliphatic rings. The fraction of sp³-hybridized carbons (Fsp3) is 0.316. The second-order valence-electron chi connectivity index (χ2n) is 6.94. The van der Waals surface area contributed by atoms with Crippen LogP contribution >= 0.6 is 0 Å². The van der Waals surface area contributed by atoms with Crippen molar-refractivity contribution >= 4 is 17.3 Å². The van der Waals surface area contributed by atoms with E-state index in [9.17, 15) is 9.18 Å². The fourth-order valence-corrected chi connectivity index (χ4v) is 4.02. The van der Waals surface area contributed by atoms with E-state index in [4.69, 9.17) is 11.0 Å². The summed E-state index contributed by atoms with van der Waals surface area (Å²) in [6, 6.07) is 7.36. The molecule has 1 fully saturated rings. The number of hydrogen-bond acceptors (Lipinski definition) is 5. The third-order valence-corrected chi connectivity index (χ3v) is 5.35. The quantitative estimate of drug-likeness (QED) is 0.649. The first-order valence-electron chi connectivity index (χ1n) is 8.18. The van der Waals surface area contributed by atoms with E-state index in [0.29, 0.717) is 11.1 Å². The number of hydrogen-bond donors (Lipinski definition) is 2. The lowest BCUT2D eigenvalue weighted by Crippen LogP contribution is -2.42. The van der Waals surface area contributed by atoms with E-state index < -0.39 is 11.6 Å². The Morgan fingerprint density at radius 3 is 2.92 bits per heavy atom. The average molecular weight is 336 g/mol. The molecular weight excluding hydrogens is 319 g/mol. The molecule has 25 heavy (non-hydrogen) atoms. The maximum Gasteiger partial charge on any atom is 0.164 e. The number of halogens is 1. The molecule has 2 heterocycles. The monoisotopic (exact) mass is 336 g/mol. The summed E-state index contributed by atoms with van der Waals surface area (Å²) >= 11 is 0. The molecule has 4 rings (SSSR count). The Balaban J connectivity index is 1.80. The van der Waals surface area contributed by atoms with E-state index in [0.717, 1.165) is 30.8 Å². The van der Waals surface area contributed by atoms with Crippen LogP contribution in [-0.4, -0.2) is 17.3 Å². The zero-order chi connectivity index (χ0) is 17.8. The number of carbonyl (C=O) groups excluding carboxylic acids is 1. The number of Topliss-reactive ketones (excluding diaryl/α,β-unsaturated/α-hetero) is 1. The lowest BCUT2D eigenvalue weighted by atomic mass is 9.60. The number of nitrogens with zero attached hydrogens (tertiary/aromatic N) is 2. The van der Waals surface area contributed by atoms with Crippen molar-refractivity contribution in [1.29, 1.82) is 5.26 Å². The minimum Gasteiger partial charge on any atom is -0.398 e. The van der Waals surface area contributed by atoms with Gasteiger partial charge in [0.15, 0.2) is 5.78 Å². The molecular formula is C19H17FN4O. The first-order chi connectivity index (χ1) is 11.9. The Morgan fingerprint density at radius 1 is 1.48 bits per heavy atom. The van der Waals surface area contributed by atoms with Crippen molar-refractivity contribution in [3.05, 3.63) is 41.3 Å². The zero-order valence-electron chi connectivity index (χ0n) is 13.8. The number of anilines is 2. The van der Waals surface area contributed by atoms with Gasteiger partial charge in [0.2, 0.25) is 0 Å². The van der Waals surface area contributed by atoms with Gasteiger partial charge in [0.05, 0.1) is 11.6 Å². The summed E-state index contributed by atoms with van der Waals surface area (Å²) in [6.45, 7) is 2.05. The maximum atomic E-state index is 14.8. The van der Waals surface area contributed by atoms with Gasteiger partial charge in [-0.15, -0.1) is 0 Å². The Labute approximate surface area is 144 Å². The fourth-order valence-electron chi connectivity index (χ4n) is 4.02. The van der Waals surface area contributed by atoms with Gasteiger partial charge in [-0.1, -0.05) is 0 Å². The third kappa shape index (κ3) is 2.19. The van der Waals surface area contributed by atoms with Gasteiger partial charge in [0.25, 0.3) is 0 Å². The third-order valence-electron chi connectivity index (χ3n) is 5.35. The molecule has 3 N–H and O–H groups in total. The predicted molar refractivity (Wildman–Crippen MR) is 92.6 cm³/mol. The highest BCUT2D eigenvalue weighted by molar-refractivity contribution is 6.00. The summed E-state index contributed by atoms with van der Waals surface area (Å²) in [5.74, 6) is -0.158. The molecule has 5 nitrogen and oxygen atoms in total. The molecule has 1 aliphatic heterocycles. The summed E-state index contributed by atoms with van der Waals surface area (Å²) in [5, 5.41) is 12.4. The number of benzene rings is 1. The lowest BCUT2D eigenvalue weighted by molar-refractivity contribution is 0.101. The summed E-state index contributed by atoms with van der Waals surface area (Å²) in [7, 11) is 0. The van der Waals surface area contributed by atoms with Gasteiger partial charge < -0.3 is 11.1 Å². The Bertz CT molecular complexity index is 941. The van der Waals surface area contributed by atoms with Crippen LogP contribution in [-0.2, 0) is 5.41 Å². The number of nitrogens with two attached hydrogens (primary N) is 1. The van der Waals surface area contributed by atoms with Crippen LogP contribution in [0.25, 0.3) is 11.1 Å². The van der Waals surface area contributed by atoms with E-state index in [2.05, 4.69) is 16.4 Å². The Kier molecular flexibility index (Phi) is 3.29. The predicted octanol–water partition coefficient (Wildman–Crippen LogP) is 3.27. The number of fused-ring (bicyclic) bond motifs is 2. The van der Waals surface area contributed by atoms with Crippen LogP contribution < -0.4 is 11.1 Å². The highest BCUT2D eigenvalue weighted by atomic mass is 19.1. The molecule has 0 atom stereocenters. The molecule has 0 amide bonds. The van der Waals surface area contributed by atoms with E-state index in [1.807, 2.05) is 6.07 Å². The number of nitriles is 1. The van der Waals surface area contributed by atoms with Gasteiger partial charge in [-0.25, -0.2) is 9.37 Å². The van der Waals surface area contributed by atoms with Crippen molar-refractivity contribution in [2.45, 2.75) is 25.2 Å². The molecule has 126 valence electrons. The Hall–Kier alpha value is -2.94. The van der Waals surface area contributed by atoms with Crippen molar-refractivity contribution in [3.63, 3.8) is 0 Å². The average Bonchev–Trinajstić information content (AvgIpc) is 2.92. The summed E-state index contributed by atoms with van der Waals surface area (Å²) in [6.07, 6.45) is 3.18. The SMILES string of the molecule is CC(=O)c1c(N)ccc(-c2cnc3c(c2)[C@]2(CN3)C[C@@H](C#N)C2)c1F. The first-order valence-corrected chi connectivity index (χ1v) is 8.18. The molecule has 2 aromatic rings. The van der Waals surface area contributed by atoms with Gasteiger partial charge >= 0.3 is 0 Å². The number of rotatable bonds is 2. The maximum absolute atomic E-state index is 14.8. The normalized spacial score (nSPS) is 23.5. The summed E-state index contributed by atoms with van der Waals surface area (Å²) in [4.78, 5) is 16.1. The van der Waals surface area contributed by atoms with Crippen LogP contribution in [0.15, 0.2) is 24.4 Å². The van der Waals surface area contributed by atoms with Crippen LogP contribution in [0.1, 0.15) is 35.7 Å². The van der Waals surface area contributed by atoms with E-state index in [1.165, 1.54) is 6.92 Å². The highest BCUT2D eigenvalue weighted by Gasteiger charge is 2.50. The van der Waals surface area contributed by atoms with Crippen LogP contribution in [0.5, 0.6) is 0 Å². The van der Waals surface area contributed by atoms with Crippen LogP contribution in [0, 0.1) is 23.1 Å². The topological polar surface area (TPSA) is 91.8 Å². The highest BCUT2D eigenvalue weighted by Crippen LogP contribution is 2.53. The summed E-state index contributed by atoms with van der Waals surface area (Å²) < 4.78 is 14.8. The smallest absolute Gasteiger partial charge is 0.164 e. The number of ketones is 1. The lowest BCUT2D eigenvalue weighted by Gasteiger charge is -2.41. The van der Waals surface area contributed by atoms with E-state index >= 15 is 0 Å². The van der Waals surface area contributed by atoms with E-state index in [1.54, 1.807) is 18.3 Å². The number of nitrogens with one attached hydrogen (secondary N) is 1. The zero-order valence-corrected chi connectivity index (χ0v) is 13.8. The standard InChI is InChI=1S/C19H17FN4O/c1-10(25)16-15(22)3-2-13(17(16)20)12-4-14-18(23-8-12)24-9-19(14)5-11(6-19)7-21/h2-4,8,11H,5-6,9,22H2,1H3,(H,23,24)/t11-,19-. The first kappa shape index (κ1) is 15.6. The minimum absolute atomic E-state index is 0.0639. The van der Waals surface area contributed by atoms with Crippen LogP contribution in [0.4, 0.5) is 15.9 Å². The number of pyridine rings is 1. The molecule has 1 saturated carbocycles. The van der Waals surface area contributed by atoms with Crippen molar-refractivity contribution in [2.75, 3.05) is 17.6 Å². The number of carbonyl (C=O) groups is 1. The van der Waals surface area contributed by atoms with Gasteiger partial charge in [0.1, 0.15) is 11.6 Å². The molecule has 0 saturated heterocycles. The van der Waals surface area contributed by atoms with Gasteiger partial charge in [-0.05, 0) is 38.0 Å². The van der Waals surface area contributed by atoms with Gasteiger partial charge in [-0.3, -0.25) is 4.79 Å². The molecule has 0 unspecified atom stereocenters. The second-order valence-corrected chi connectivity index (χ2v) is 6.94. The van der Waals surface area contributed by atoms with Crippen molar-refractivity contribution in [2.24, 2.45) is 5.92 Å². The number of nitrogen functional groups attached to an aromatic ring is 1.